The Hall–Kier alpha value is -3.90. The maximum atomic E-state index is 12.4. The van der Waals surface area contributed by atoms with Crippen LogP contribution in [-0.4, -0.2) is 36.6 Å². The quantitative estimate of drug-likeness (QED) is 0.319. The number of hydrogen-bond acceptors (Lipinski definition) is 2. The van der Waals surface area contributed by atoms with E-state index in [1.807, 2.05) is 11.4 Å². The van der Waals surface area contributed by atoms with Crippen LogP contribution in [-0.2, 0) is 4.79 Å². The molecule has 0 spiro atoms. The van der Waals surface area contributed by atoms with Crippen LogP contribution in [0.3, 0.4) is 0 Å². The SMILES string of the molecule is O=C(Nc1ccc(C=CCN2CCC(=C3c4ccccc4C=Cc4ccccc43)CC2)cc1)C(F)(F)F. The predicted molar refractivity (Wildman–Crippen MR) is 144 cm³/mol. The molecule has 37 heavy (non-hydrogen) atoms. The van der Waals surface area contributed by atoms with Crippen molar-refractivity contribution in [2.45, 2.75) is 19.0 Å². The number of anilines is 1. The van der Waals surface area contributed by atoms with E-state index in [-0.39, 0.29) is 5.69 Å². The molecule has 2 aliphatic rings. The minimum atomic E-state index is -4.90. The fourth-order valence-electron chi connectivity index (χ4n) is 4.92. The number of carbonyl (C=O) groups is 1. The topological polar surface area (TPSA) is 32.3 Å². The van der Waals surface area contributed by atoms with Crippen molar-refractivity contribution >= 4 is 35.4 Å². The molecule has 0 saturated carbocycles. The predicted octanol–water partition coefficient (Wildman–Crippen LogP) is 7.28. The van der Waals surface area contributed by atoms with Gasteiger partial charge in [0.2, 0.25) is 0 Å². The lowest BCUT2D eigenvalue weighted by atomic mass is 9.86. The molecule has 1 N–H and O–H groups in total. The van der Waals surface area contributed by atoms with Gasteiger partial charge in [-0.3, -0.25) is 9.69 Å². The summed E-state index contributed by atoms with van der Waals surface area (Å²) in [7, 11) is 0. The molecule has 0 atom stereocenters. The number of hydrogen-bond donors (Lipinski definition) is 1. The largest absolute Gasteiger partial charge is 0.471 e. The Morgan fingerprint density at radius 2 is 1.41 bits per heavy atom. The molecule has 1 saturated heterocycles. The molecule has 1 aliphatic heterocycles. The minimum Gasteiger partial charge on any atom is -0.318 e. The number of likely N-dealkylation sites (tertiary alicyclic amines) is 1. The van der Waals surface area contributed by atoms with Crippen molar-refractivity contribution in [3.63, 3.8) is 0 Å². The molecule has 3 aromatic rings. The van der Waals surface area contributed by atoms with Gasteiger partial charge in [0, 0.05) is 25.3 Å². The summed E-state index contributed by atoms with van der Waals surface area (Å²) >= 11 is 0. The molecule has 3 aromatic carbocycles. The van der Waals surface area contributed by atoms with Crippen LogP contribution in [0.5, 0.6) is 0 Å². The van der Waals surface area contributed by atoms with Crippen molar-refractivity contribution < 1.29 is 18.0 Å². The van der Waals surface area contributed by atoms with Crippen LogP contribution in [0.1, 0.15) is 40.7 Å². The van der Waals surface area contributed by atoms with E-state index in [9.17, 15) is 18.0 Å². The number of nitrogens with zero attached hydrogens (tertiary/aromatic N) is 1. The molecule has 3 nitrogen and oxygen atoms in total. The van der Waals surface area contributed by atoms with E-state index in [0.29, 0.717) is 0 Å². The molecule has 188 valence electrons. The first-order chi connectivity index (χ1) is 17.9. The zero-order valence-electron chi connectivity index (χ0n) is 20.3. The third-order valence-corrected chi connectivity index (χ3v) is 6.82. The number of rotatable bonds is 4. The van der Waals surface area contributed by atoms with Gasteiger partial charge in [0.05, 0.1) is 0 Å². The molecule has 0 bridgehead atoms. The van der Waals surface area contributed by atoms with Crippen LogP contribution in [0.15, 0.2) is 84.4 Å². The van der Waals surface area contributed by atoms with Gasteiger partial charge in [-0.15, -0.1) is 0 Å². The molecular formula is C31H27F3N2O. The summed E-state index contributed by atoms with van der Waals surface area (Å²) in [4.78, 5) is 13.5. The fourth-order valence-corrected chi connectivity index (χ4v) is 4.92. The van der Waals surface area contributed by atoms with Crippen LogP contribution in [0.4, 0.5) is 18.9 Å². The maximum absolute atomic E-state index is 12.4. The minimum absolute atomic E-state index is 0.118. The van der Waals surface area contributed by atoms with Gasteiger partial charge in [0.1, 0.15) is 0 Å². The average Bonchev–Trinajstić information content (AvgIpc) is 3.07. The Morgan fingerprint density at radius 1 is 0.838 bits per heavy atom. The molecular weight excluding hydrogens is 473 g/mol. The zero-order valence-corrected chi connectivity index (χ0v) is 20.3. The van der Waals surface area contributed by atoms with E-state index >= 15 is 0 Å². The number of nitrogens with one attached hydrogen (secondary N) is 1. The van der Waals surface area contributed by atoms with E-state index in [2.05, 4.69) is 71.7 Å². The Balaban J connectivity index is 1.24. The smallest absolute Gasteiger partial charge is 0.318 e. The van der Waals surface area contributed by atoms with Crippen LogP contribution in [0, 0.1) is 0 Å². The summed E-state index contributed by atoms with van der Waals surface area (Å²) in [5.74, 6) is -1.97. The lowest BCUT2D eigenvalue weighted by Gasteiger charge is -2.29. The number of halogens is 3. The number of amides is 1. The van der Waals surface area contributed by atoms with E-state index in [0.717, 1.165) is 38.0 Å². The third kappa shape index (κ3) is 5.75. The van der Waals surface area contributed by atoms with Crippen LogP contribution < -0.4 is 5.32 Å². The van der Waals surface area contributed by atoms with Crippen LogP contribution in [0.2, 0.25) is 0 Å². The van der Waals surface area contributed by atoms with Gasteiger partial charge in [-0.1, -0.05) is 90.5 Å². The molecule has 5 rings (SSSR count). The van der Waals surface area contributed by atoms with Gasteiger partial charge in [-0.25, -0.2) is 0 Å². The molecule has 1 amide bonds. The summed E-state index contributed by atoms with van der Waals surface area (Å²) in [5.41, 5.74) is 8.91. The molecule has 1 aliphatic carbocycles. The second kappa shape index (κ2) is 10.6. The number of fused-ring (bicyclic) bond motifs is 2. The molecule has 1 fully saturated rings. The monoisotopic (exact) mass is 500 g/mol. The Kier molecular flexibility index (Phi) is 7.10. The summed E-state index contributed by atoms with van der Waals surface area (Å²) < 4.78 is 37.2. The van der Waals surface area contributed by atoms with Gasteiger partial charge in [-0.2, -0.15) is 13.2 Å². The second-order valence-electron chi connectivity index (χ2n) is 9.26. The van der Waals surface area contributed by atoms with Gasteiger partial charge in [-0.05, 0) is 58.4 Å². The average molecular weight is 501 g/mol. The summed E-state index contributed by atoms with van der Waals surface area (Å²) in [6.07, 6.45) is 5.53. The first-order valence-corrected chi connectivity index (χ1v) is 12.3. The maximum Gasteiger partial charge on any atom is 0.471 e. The van der Waals surface area contributed by atoms with Crippen molar-refractivity contribution in [1.29, 1.82) is 0 Å². The number of piperidine rings is 1. The van der Waals surface area contributed by atoms with Crippen molar-refractivity contribution in [3.05, 3.63) is 112 Å². The van der Waals surface area contributed by atoms with E-state index in [1.165, 1.54) is 45.5 Å². The Bertz CT molecular complexity index is 1320. The standard InChI is InChI=1S/C31H27F3N2O/c32-31(33,34)30(37)35-26-15-11-22(12-16-26)6-5-19-36-20-17-25(18-21-36)29-27-9-3-1-7-23(27)13-14-24-8-2-4-10-28(24)29/h1-16H,17-21H2,(H,35,37). The van der Waals surface area contributed by atoms with E-state index in [1.54, 1.807) is 12.1 Å². The summed E-state index contributed by atoms with van der Waals surface area (Å²) in [5, 5.41) is 1.86. The van der Waals surface area contributed by atoms with Gasteiger partial charge >= 0.3 is 12.1 Å². The third-order valence-electron chi connectivity index (χ3n) is 6.82. The first-order valence-electron chi connectivity index (χ1n) is 12.3. The second-order valence-corrected chi connectivity index (χ2v) is 9.26. The van der Waals surface area contributed by atoms with Crippen LogP contribution >= 0.6 is 0 Å². The highest BCUT2D eigenvalue weighted by atomic mass is 19.4. The molecule has 0 radical (unpaired) electrons. The number of carbonyl (C=O) groups excluding carboxylic acids is 1. The van der Waals surface area contributed by atoms with Crippen molar-refractivity contribution in [2.75, 3.05) is 25.0 Å². The lowest BCUT2D eigenvalue weighted by molar-refractivity contribution is -0.167. The normalized spacial score (nSPS) is 15.9. The zero-order chi connectivity index (χ0) is 25.8. The summed E-state index contributed by atoms with van der Waals surface area (Å²) in [6, 6.07) is 23.5. The highest BCUT2D eigenvalue weighted by Gasteiger charge is 2.38. The van der Waals surface area contributed by atoms with Crippen molar-refractivity contribution in [1.82, 2.24) is 4.90 Å². The van der Waals surface area contributed by atoms with Crippen LogP contribution in [0.25, 0.3) is 23.8 Å². The number of benzene rings is 3. The van der Waals surface area contributed by atoms with Crippen molar-refractivity contribution in [2.24, 2.45) is 0 Å². The van der Waals surface area contributed by atoms with E-state index in [4.69, 9.17) is 0 Å². The van der Waals surface area contributed by atoms with Gasteiger partial charge in [0.15, 0.2) is 0 Å². The molecule has 1 heterocycles. The number of alkyl halides is 3. The summed E-state index contributed by atoms with van der Waals surface area (Å²) in [6.45, 7) is 2.72. The fraction of sp³-hybridized carbons (Fsp3) is 0.194. The lowest BCUT2D eigenvalue weighted by Crippen LogP contribution is -2.31. The van der Waals surface area contributed by atoms with E-state index < -0.39 is 12.1 Å². The molecule has 0 unspecified atom stereocenters. The van der Waals surface area contributed by atoms with Gasteiger partial charge in [0.25, 0.3) is 0 Å². The molecule has 0 aromatic heterocycles. The Morgan fingerprint density at radius 3 is 1.97 bits per heavy atom. The first kappa shape index (κ1) is 24.8. The van der Waals surface area contributed by atoms with Gasteiger partial charge < -0.3 is 5.32 Å². The molecule has 6 heteroatoms. The highest BCUT2D eigenvalue weighted by molar-refractivity contribution is 5.95. The highest BCUT2D eigenvalue weighted by Crippen LogP contribution is 2.38. The van der Waals surface area contributed by atoms with Crippen molar-refractivity contribution in [3.8, 4) is 0 Å². The Labute approximate surface area is 214 Å².